The summed E-state index contributed by atoms with van der Waals surface area (Å²) in [6, 6.07) is 14.0. The quantitative estimate of drug-likeness (QED) is 0.756. The average molecular weight is 410 g/mol. The lowest BCUT2D eigenvalue weighted by Gasteiger charge is -2.27. The number of aliphatic hydroxyl groups is 1. The molecule has 1 aliphatic heterocycles. The molecule has 2 aliphatic rings. The van der Waals surface area contributed by atoms with Crippen molar-refractivity contribution < 1.29 is 24.2 Å². The molecule has 1 aliphatic carbocycles. The number of methoxy groups -OCH3 is 2. The first-order valence-corrected chi connectivity index (χ1v) is 10.0. The van der Waals surface area contributed by atoms with Gasteiger partial charge in [0.15, 0.2) is 0 Å². The van der Waals surface area contributed by atoms with Crippen LogP contribution in [0.3, 0.4) is 0 Å². The van der Waals surface area contributed by atoms with Gasteiger partial charge in [0.05, 0.1) is 25.4 Å². The van der Waals surface area contributed by atoms with Crippen molar-refractivity contribution in [2.24, 2.45) is 11.8 Å². The van der Waals surface area contributed by atoms with Gasteiger partial charge >= 0.3 is 12.0 Å². The molecule has 0 spiro atoms. The van der Waals surface area contributed by atoms with Gasteiger partial charge in [-0.15, -0.1) is 0 Å². The Bertz CT molecular complexity index is 929. The molecule has 2 N–H and O–H groups in total. The van der Waals surface area contributed by atoms with Gasteiger partial charge in [-0.25, -0.2) is 9.59 Å². The zero-order valence-electron chi connectivity index (χ0n) is 17.1. The van der Waals surface area contributed by atoms with Gasteiger partial charge in [0.2, 0.25) is 0 Å². The van der Waals surface area contributed by atoms with E-state index in [0.717, 1.165) is 11.3 Å². The molecular weight excluding hydrogens is 384 g/mol. The number of fused-ring (bicyclic) bond motifs is 1. The highest BCUT2D eigenvalue weighted by Crippen LogP contribution is 2.49. The number of carbonyl (C=O) groups is 2. The minimum atomic E-state index is -0.879. The molecule has 0 bridgehead atoms. The molecule has 1 saturated carbocycles. The molecule has 0 radical (unpaired) electrons. The maximum absolute atomic E-state index is 12.7. The summed E-state index contributed by atoms with van der Waals surface area (Å²) in [5.74, 6) is 0.836. The molecule has 2 aromatic rings. The Morgan fingerprint density at radius 1 is 1.07 bits per heavy atom. The molecule has 0 aromatic heterocycles. The number of anilines is 1. The van der Waals surface area contributed by atoms with E-state index in [9.17, 15) is 14.7 Å². The second kappa shape index (κ2) is 7.99. The number of hydrogen-bond donors (Lipinski definition) is 2. The fourth-order valence-electron chi connectivity index (χ4n) is 4.68. The van der Waals surface area contributed by atoms with E-state index in [1.165, 1.54) is 7.11 Å². The fraction of sp³-hybridized carbons (Fsp3) is 0.391. The van der Waals surface area contributed by atoms with Crippen LogP contribution in [-0.2, 0) is 10.3 Å². The first-order chi connectivity index (χ1) is 14.4. The van der Waals surface area contributed by atoms with Crippen molar-refractivity contribution in [3.05, 3.63) is 59.7 Å². The Balaban J connectivity index is 1.37. The smallest absolute Gasteiger partial charge is 0.337 e. The number of benzene rings is 2. The largest absolute Gasteiger partial charge is 0.497 e. The molecule has 7 heteroatoms. The highest BCUT2D eigenvalue weighted by atomic mass is 16.5. The van der Waals surface area contributed by atoms with Crippen molar-refractivity contribution in [3.63, 3.8) is 0 Å². The Morgan fingerprint density at radius 2 is 1.73 bits per heavy atom. The van der Waals surface area contributed by atoms with Crippen LogP contribution in [-0.4, -0.2) is 49.3 Å². The summed E-state index contributed by atoms with van der Waals surface area (Å²) in [5.41, 5.74) is 1.05. The molecule has 2 atom stereocenters. The van der Waals surface area contributed by atoms with E-state index in [4.69, 9.17) is 4.74 Å². The van der Waals surface area contributed by atoms with Gasteiger partial charge in [0.25, 0.3) is 0 Å². The maximum atomic E-state index is 12.7. The lowest BCUT2D eigenvalue weighted by Crippen LogP contribution is -2.35. The number of nitrogens with one attached hydrogen (secondary N) is 1. The summed E-state index contributed by atoms with van der Waals surface area (Å²) in [7, 11) is 2.95. The maximum Gasteiger partial charge on any atom is 0.337 e. The number of carbonyl (C=O) groups excluding carboxylic acids is 2. The Morgan fingerprint density at radius 3 is 2.33 bits per heavy atom. The summed E-state index contributed by atoms with van der Waals surface area (Å²) in [6.45, 7) is 1.23. The normalized spacial score (nSPS) is 25.0. The van der Waals surface area contributed by atoms with E-state index in [1.807, 2.05) is 24.3 Å². The molecule has 30 heavy (non-hydrogen) atoms. The molecule has 2 fully saturated rings. The zero-order valence-corrected chi connectivity index (χ0v) is 17.1. The third-order valence-electron chi connectivity index (χ3n) is 6.23. The number of esters is 1. The van der Waals surface area contributed by atoms with E-state index >= 15 is 0 Å². The van der Waals surface area contributed by atoms with Gasteiger partial charge in [0.1, 0.15) is 5.75 Å². The van der Waals surface area contributed by atoms with Crippen molar-refractivity contribution in [3.8, 4) is 5.75 Å². The number of urea groups is 1. The Hall–Kier alpha value is -3.06. The minimum Gasteiger partial charge on any atom is -0.497 e. The van der Waals surface area contributed by atoms with Crippen LogP contribution in [0.5, 0.6) is 5.75 Å². The second-order valence-electron chi connectivity index (χ2n) is 8.10. The van der Waals surface area contributed by atoms with E-state index in [1.54, 1.807) is 36.3 Å². The van der Waals surface area contributed by atoms with E-state index < -0.39 is 11.6 Å². The fourth-order valence-corrected chi connectivity index (χ4v) is 4.68. The number of ether oxygens (including phenoxy) is 2. The van der Waals surface area contributed by atoms with Crippen LogP contribution in [0.1, 0.15) is 28.8 Å². The predicted molar refractivity (Wildman–Crippen MR) is 111 cm³/mol. The van der Waals surface area contributed by atoms with Gasteiger partial charge in [-0.2, -0.15) is 0 Å². The number of hydrogen-bond acceptors (Lipinski definition) is 5. The van der Waals surface area contributed by atoms with Crippen LogP contribution >= 0.6 is 0 Å². The summed E-state index contributed by atoms with van der Waals surface area (Å²) < 4.78 is 9.97. The predicted octanol–water partition coefficient (Wildman–Crippen LogP) is 3.24. The third kappa shape index (κ3) is 3.85. The van der Waals surface area contributed by atoms with Crippen molar-refractivity contribution in [1.82, 2.24) is 4.90 Å². The average Bonchev–Trinajstić information content (AvgIpc) is 3.29. The van der Waals surface area contributed by atoms with Crippen molar-refractivity contribution in [2.75, 3.05) is 32.6 Å². The van der Waals surface area contributed by atoms with Crippen LogP contribution in [0.15, 0.2) is 48.5 Å². The Labute approximate surface area is 175 Å². The zero-order chi connectivity index (χ0) is 21.3. The number of rotatable bonds is 4. The number of nitrogens with zero attached hydrogens (tertiary/aromatic N) is 1. The molecule has 2 unspecified atom stereocenters. The van der Waals surface area contributed by atoms with Crippen LogP contribution in [0.25, 0.3) is 0 Å². The van der Waals surface area contributed by atoms with Crippen LogP contribution in [0.2, 0.25) is 0 Å². The summed E-state index contributed by atoms with van der Waals surface area (Å²) in [6.07, 6.45) is 1.25. The van der Waals surface area contributed by atoms with E-state index in [-0.39, 0.29) is 17.9 Å². The molecule has 1 heterocycles. The van der Waals surface area contributed by atoms with E-state index in [2.05, 4.69) is 10.1 Å². The lowest BCUT2D eigenvalue weighted by molar-refractivity contribution is 0.0326. The summed E-state index contributed by atoms with van der Waals surface area (Å²) >= 11 is 0. The molecule has 2 amide bonds. The second-order valence-corrected chi connectivity index (χ2v) is 8.10. The van der Waals surface area contributed by atoms with Gasteiger partial charge < -0.3 is 24.8 Å². The first-order valence-electron chi connectivity index (χ1n) is 10.0. The topological polar surface area (TPSA) is 88.1 Å². The van der Waals surface area contributed by atoms with Crippen molar-refractivity contribution in [2.45, 2.75) is 18.4 Å². The minimum absolute atomic E-state index is 0.167. The Kier molecular flexibility index (Phi) is 5.39. The molecule has 1 saturated heterocycles. The lowest BCUT2D eigenvalue weighted by atomic mass is 9.90. The van der Waals surface area contributed by atoms with Gasteiger partial charge in [-0.05, 0) is 66.6 Å². The first kappa shape index (κ1) is 20.2. The standard InChI is InChI=1S/C23H26N2O5/c1-29-20-5-3-4-18(10-20)23(28)11-16-13-25(14-17(16)12-23)22(27)24-19-8-6-15(7-9-19)21(26)30-2/h3-10,16-17,28H,11-14H2,1-2H3,(H,24,27). The number of amides is 2. The van der Waals surface area contributed by atoms with Crippen LogP contribution in [0.4, 0.5) is 10.5 Å². The van der Waals surface area contributed by atoms with E-state index in [0.29, 0.717) is 37.2 Å². The highest BCUT2D eigenvalue weighted by molar-refractivity contribution is 5.92. The molecule has 2 aromatic carbocycles. The summed E-state index contributed by atoms with van der Waals surface area (Å²) in [4.78, 5) is 26.0. The van der Waals surface area contributed by atoms with Crippen LogP contribution in [0, 0.1) is 11.8 Å². The third-order valence-corrected chi connectivity index (χ3v) is 6.23. The molecular formula is C23H26N2O5. The number of likely N-dealkylation sites (tertiary alicyclic amines) is 1. The highest BCUT2D eigenvalue weighted by Gasteiger charge is 2.50. The van der Waals surface area contributed by atoms with Crippen LogP contribution < -0.4 is 10.1 Å². The van der Waals surface area contributed by atoms with Gasteiger partial charge in [-0.3, -0.25) is 0 Å². The van der Waals surface area contributed by atoms with Crippen molar-refractivity contribution >= 4 is 17.7 Å². The van der Waals surface area contributed by atoms with Crippen molar-refractivity contribution in [1.29, 1.82) is 0 Å². The van der Waals surface area contributed by atoms with Gasteiger partial charge in [-0.1, -0.05) is 12.1 Å². The molecule has 7 nitrogen and oxygen atoms in total. The molecule has 158 valence electrons. The monoisotopic (exact) mass is 410 g/mol. The molecule has 4 rings (SSSR count). The SMILES string of the molecule is COC(=O)c1ccc(NC(=O)N2CC3CC(O)(c4cccc(OC)c4)CC3C2)cc1. The summed E-state index contributed by atoms with van der Waals surface area (Å²) in [5, 5.41) is 14.1. The van der Waals surface area contributed by atoms with Gasteiger partial charge in [0, 0.05) is 18.8 Å².